The minimum atomic E-state index is 0.311. The Kier molecular flexibility index (Phi) is 3.81. The number of nitrogens with zero attached hydrogens (tertiary/aromatic N) is 1. The van der Waals surface area contributed by atoms with Crippen LogP contribution in [-0.4, -0.2) is 4.98 Å². The Labute approximate surface area is 113 Å². The van der Waals surface area contributed by atoms with Crippen LogP contribution >= 0.6 is 33.9 Å². The number of anilines is 1. The van der Waals surface area contributed by atoms with Crippen LogP contribution in [0.3, 0.4) is 0 Å². The van der Waals surface area contributed by atoms with E-state index in [4.69, 9.17) is 0 Å². The van der Waals surface area contributed by atoms with E-state index in [1.165, 1.54) is 19.7 Å². The van der Waals surface area contributed by atoms with Crippen LogP contribution in [0.1, 0.15) is 23.4 Å². The summed E-state index contributed by atoms with van der Waals surface area (Å²) in [5, 5.41) is 3.51. The highest BCUT2D eigenvalue weighted by Crippen LogP contribution is 2.25. The molecule has 0 aliphatic heterocycles. The van der Waals surface area contributed by atoms with Crippen molar-refractivity contribution in [3.63, 3.8) is 0 Å². The molecule has 1 atom stereocenters. The summed E-state index contributed by atoms with van der Waals surface area (Å²) in [7, 11) is 0. The van der Waals surface area contributed by atoms with Gasteiger partial charge < -0.3 is 5.32 Å². The largest absolute Gasteiger partial charge is 0.377 e. The molecule has 1 heterocycles. The first-order valence-electron chi connectivity index (χ1n) is 5.08. The molecule has 2 nitrogen and oxygen atoms in total. The molecule has 0 saturated heterocycles. The summed E-state index contributed by atoms with van der Waals surface area (Å²) in [4.78, 5) is 5.36. The second-order valence-corrected chi connectivity index (χ2v) is 5.89. The molecule has 0 amide bonds. The highest BCUT2D eigenvalue weighted by atomic mass is 127. The Morgan fingerprint density at radius 2 is 2.25 bits per heavy atom. The summed E-state index contributed by atoms with van der Waals surface area (Å²) < 4.78 is 1.27. The number of benzene rings is 1. The second-order valence-electron chi connectivity index (χ2n) is 3.73. The monoisotopic (exact) mass is 344 g/mol. The fourth-order valence-electron chi connectivity index (χ4n) is 1.53. The first-order chi connectivity index (χ1) is 7.66. The van der Waals surface area contributed by atoms with E-state index in [0.29, 0.717) is 6.04 Å². The fourth-order valence-corrected chi connectivity index (χ4v) is 2.81. The first-order valence-corrected chi connectivity index (χ1v) is 7.04. The molecule has 1 unspecified atom stereocenters. The number of hydrogen-bond donors (Lipinski definition) is 1. The lowest BCUT2D eigenvalue weighted by atomic mass is 10.2. The van der Waals surface area contributed by atoms with Gasteiger partial charge in [0.25, 0.3) is 0 Å². The predicted octanol–water partition coefficient (Wildman–Crippen LogP) is 4.23. The van der Waals surface area contributed by atoms with E-state index < -0.39 is 0 Å². The van der Waals surface area contributed by atoms with Crippen LogP contribution in [0.15, 0.2) is 29.9 Å². The van der Waals surface area contributed by atoms with Gasteiger partial charge in [0.15, 0.2) is 0 Å². The van der Waals surface area contributed by atoms with E-state index in [0.717, 1.165) is 0 Å². The van der Waals surface area contributed by atoms with Crippen molar-refractivity contribution in [1.82, 2.24) is 4.98 Å². The van der Waals surface area contributed by atoms with Crippen LogP contribution in [-0.2, 0) is 0 Å². The third kappa shape index (κ3) is 2.74. The highest BCUT2D eigenvalue weighted by molar-refractivity contribution is 14.1. The van der Waals surface area contributed by atoms with E-state index in [1.807, 2.05) is 11.7 Å². The maximum absolute atomic E-state index is 4.10. The lowest BCUT2D eigenvalue weighted by molar-refractivity contribution is 0.901. The number of nitrogens with one attached hydrogen (secondary N) is 1. The lowest BCUT2D eigenvalue weighted by Crippen LogP contribution is -2.06. The smallest absolute Gasteiger partial charge is 0.0795 e. The van der Waals surface area contributed by atoms with Gasteiger partial charge in [0, 0.05) is 20.3 Å². The van der Waals surface area contributed by atoms with Crippen LogP contribution < -0.4 is 5.32 Å². The Hall–Kier alpha value is -0.620. The van der Waals surface area contributed by atoms with E-state index >= 15 is 0 Å². The predicted molar refractivity (Wildman–Crippen MR) is 78.0 cm³/mol. The van der Waals surface area contributed by atoms with Gasteiger partial charge in [-0.15, -0.1) is 11.3 Å². The van der Waals surface area contributed by atoms with Gasteiger partial charge in [-0.3, -0.25) is 4.98 Å². The molecule has 16 heavy (non-hydrogen) atoms. The van der Waals surface area contributed by atoms with E-state index in [-0.39, 0.29) is 0 Å². The summed E-state index contributed by atoms with van der Waals surface area (Å²) in [5.41, 5.74) is 4.35. The Bertz CT molecular complexity index is 468. The highest BCUT2D eigenvalue weighted by Gasteiger charge is 2.08. The normalized spacial score (nSPS) is 12.4. The van der Waals surface area contributed by atoms with Crippen molar-refractivity contribution in [2.75, 3.05) is 5.32 Å². The molecule has 84 valence electrons. The zero-order chi connectivity index (χ0) is 11.5. The molecule has 2 aromatic rings. The number of aromatic nitrogens is 1. The minimum Gasteiger partial charge on any atom is -0.377 e. The van der Waals surface area contributed by atoms with Gasteiger partial charge in [0.1, 0.15) is 0 Å². The van der Waals surface area contributed by atoms with Crippen LogP contribution in [0.2, 0.25) is 0 Å². The van der Waals surface area contributed by atoms with Gasteiger partial charge in [0.2, 0.25) is 0 Å². The standard InChI is InChI=1S/C12H13IN2S/c1-8-5-10(13)3-4-11(8)15-9(2)12-6-14-7-16-12/h3-7,9,15H,1-2H3. The van der Waals surface area contributed by atoms with E-state index in [1.54, 1.807) is 11.3 Å². The molecule has 1 aromatic carbocycles. The fraction of sp³-hybridized carbons (Fsp3) is 0.250. The molecule has 0 bridgehead atoms. The molecule has 0 fully saturated rings. The van der Waals surface area contributed by atoms with Crippen LogP contribution in [0.4, 0.5) is 5.69 Å². The first kappa shape index (κ1) is 11.9. The summed E-state index contributed by atoms with van der Waals surface area (Å²) in [6.45, 7) is 4.29. The van der Waals surface area contributed by atoms with Crippen molar-refractivity contribution in [3.8, 4) is 0 Å². The van der Waals surface area contributed by atoms with Crippen LogP contribution in [0.5, 0.6) is 0 Å². The summed E-state index contributed by atoms with van der Waals surface area (Å²) in [6, 6.07) is 6.75. The van der Waals surface area contributed by atoms with Crippen molar-refractivity contribution in [3.05, 3.63) is 43.9 Å². The average molecular weight is 344 g/mol. The average Bonchev–Trinajstić information content (AvgIpc) is 2.75. The zero-order valence-electron chi connectivity index (χ0n) is 9.20. The number of hydrogen-bond acceptors (Lipinski definition) is 3. The Morgan fingerprint density at radius 3 is 2.88 bits per heavy atom. The summed E-state index contributed by atoms with van der Waals surface area (Å²) in [5.74, 6) is 0. The molecule has 1 aromatic heterocycles. The number of thiazole rings is 1. The van der Waals surface area contributed by atoms with Crippen LogP contribution in [0.25, 0.3) is 0 Å². The van der Waals surface area contributed by atoms with Crippen molar-refractivity contribution in [1.29, 1.82) is 0 Å². The van der Waals surface area contributed by atoms with E-state index in [2.05, 4.69) is 64.9 Å². The Morgan fingerprint density at radius 1 is 1.44 bits per heavy atom. The van der Waals surface area contributed by atoms with Gasteiger partial charge in [-0.25, -0.2) is 0 Å². The number of rotatable bonds is 3. The molecule has 4 heteroatoms. The molecular weight excluding hydrogens is 331 g/mol. The topological polar surface area (TPSA) is 24.9 Å². The van der Waals surface area contributed by atoms with Gasteiger partial charge in [0.05, 0.1) is 11.6 Å². The third-order valence-electron chi connectivity index (χ3n) is 2.44. The number of halogens is 1. The molecular formula is C12H13IN2S. The molecule has 0 aliphatic rings. The van der Waals surface area contributed by atoms with Crippen molar-refractivity contribution in [2.45, 2.75) is 19.9 Å². The van der Waals surface area contributed by atoms with Gasteiger partial charge >= 0.3 is 0 Å². The molecule has 0 spiro atoms. The quantitative estimate of drug-likeness (QED) is 0.843. The zero-order valence-corrected chi connectivity index (χ0v) is 12.2. The third-order valence-corrected chi connectivity index (χ3v) is 4.07. The minimum absolute atomic E-state index is 0.311. The maximum atomic E-state index is 4.10. The van der Waals surface area contributed by atoms with Gasteiger partial charge in [-0.1, -0.05) is 0 Å². The van der Waals surface area contributed by atoms with Gasteiger partial charge in [-0.05, 0) is 60.2 Å². The molecule has 0 saturated carbocycles. The molecule has 2 rings (SSSR count). The molecule has 1 N–H and O–H groups in total. The SMILES string of the molecule is Cc1cc(I)ccc1NC(C)c1cncs1. The maximum Gasteiger partial charge on any atom is 0.0795 e. The van der Waals surface area contributed by atoms with Crippen molar-refractivity contribution >= 4 is 39.6 Å². The lowest BCUT2D eigenvalue weighted by Gasteiger charge is -2.15. The summed E-state index contributed by atoms with van der Waals surface area (Å²) >= 11 is 4.01. The van der Waals surface area contributed by atoms with Crippen molar-refractivity contribution < 1.29 is 0 Å². The van der Waals surface area contributed by atoms with Gasteiger partial charge in [-0.2, -0.15) is 0 Å². The molecule has 0 radical (unpaired) electrons. The van der Waals surface area contributed by atoms with Crippen molar-refractivity contribution in [2.24, 2.45) is 0 Å². The number of aryl methyl sites for hydroxylation is 1. The van der Waals surface area contributed by atoms with Crippen LogP contribution in [0, 0.1) is 10.5 Å². The Balaban J connectivity index is 2.15. The van der Waals surface area contributed by atoms with E-state index in [9.17, 15) is 0 Å². The molecule has 0 aliphatic carbocycles. The second kappa shape index (κ2) is 5.14. The summed E-state index contributed by atoms with van der Waals surface area (Å²) in [6.07, 6.45) is 1.92.